The number of nitrogens with one attached hydrogen (secondary N) is 1. The van der Waals surface area contributed by atoms with Gasteiger partial charge >= 0.3 is 0 Å². The van der Waals surface area contributed by atoms with E-state index in [0.717, 1.165) is 29.7 Å². The molecule has 0 fully saturated rings. The molecule has 4 nitrogen and oxygen atoms in total. The molecule has 0 aromatic heterocycles. The molecule has 0 heterocycles. The van der Waals surface area contributed by atoms with Crippen molar-refractivity contribution >= 4 is 5.91 Å². The molecule has 0 aliphatic heterocycles. The van der Waals surface area contributed by atoms with Crippen molar-refractivity contribution in [1.29, 1.82) is 0 Å². The predicted octanol–water partition coefficient (Wildman–Crippen LogP) is 3.61. The zero-order valence-electron chi connectivity index (χ0n) is 15.5. The van der Waals surface area contributed by atoms with Crippen molar-refractivity contribution < 1.29 is 14.3 Å². The maximum Gasteiger partial charge on any atom is 0.220 e. The Hall–Kier alpha value is -2.49. The second-order valence-electron chi connectivity index (χ2n) is 6.22. The number of rotatable bonds is 8. The number of aryl methyl sites for hydroxylation is 3. The molecule has 25 heavy (non-hydrogen) atoms. The van der Waals surface area contributed by atoms with Gasteiger partial charge in [-0.25, -0.2) is 0 Å². The van der Waals surface area contributed by atoms with Crippen LogP contribution in [-0.4, -0.2) is 26.7 Å². The number of methoxy groups -OCH3 is 2. The summed E-state index contributed by atoms with van der Waals surface area (Å²) in [4.78, 5) is 12.0. The molecule has 1 N–H and O–H groups in total. The Morgan fingerprint density at radius 1 is 0.960 bits per heavy atom. The lowest BCUT2D eigenvalue weighted by atomic mass is 10.0. The zero-order chi connectivity index (χ0) is 18.2. The molecule has 0 bridgehead atoms. The highest BCUT2D eigenvalue weighted by Gasteiger charge is 2.09. The van der Waals surface area contributed by atoms with Gasteiger partial charge in [0.05, 0.1) is 14.2 Å². The van der Waals surface area contributed by atoms with E-state index in [1.807, 2.05) is 19.1 Å². The topological polar surface area (TPSA) is 47.6 Å². The fourth-order valence-electron chi connectivity index (χ4n) is 2.73. The van der Waals surface area contributed by atoms with E-state index in [-0.39, 0.29) is 5.91 Å². The van der Waals surface area contributed by atoms with Gasteiger partial charge < -0.3 is 14.8 Å². The molecular weight excluding hydrogens is 314 g/mol. The summed E-state index contributed by atoms with van der Waals surface area (Å²) in [5.74, 6) is 1.53. The molecule has 0 spiro atoms. The van der Waals surface area contributed by atoms with Crippen molar-refractivity contribution in [2.45, 2.75) is 33.1 Å². The molecule has 0 saturated heterocycles. The first-order valence-electron chi connectivity index (χ1n) is 8.57. The van der Waals surface area contributed by atoms with E-state index in [1.165, 1.54) is 11.1 Å². The van der Waals surface area contributed by atoms with Crippen molar-refractivity contribution in [3.05, 3.63) is 58.7 Å². The van der Waals surface area contributed by atoms with Gasteiger partial charge in [-0.1, -0.05) is 29.8 Å². The van der Waals surface area contributed by atoms with Gasteiger partial charge in [-0.05, 0) is 55.5 Å². The minimum absolute atomic E-state index is 0.0821. The summed E-state index contributed by atoms with van der Waals surface area (Å²) >= 11 is 0. The molecule has 0 saturated carbocycles. The predicted molar refractivity (Wildman–Crippen MR) is 100 cm³/mol. The number of amides is 1. The molecule has 0 atom stereocenters. The van der Waals surface area contributed by atoms with Gasteiger partial charge in [0.15, 0.2) is 11.5 Å². The zero-order valence-corrected chi connectivity index (χ0v) is 15.5. The highest BCUT2D eigenvalue weighted by molar-refractivity contribution is 5.76. The van der Waals surface area contributed by atoms with Crippen LogP contribution in [-0.2, 0) is 17.6 Å². The molecule has 1 amide bonds. The van der Waals surface area contributed by atoms with Crippen LogP contribution in [0.4, 0.5) is 0 Å². The molecule has 2 rings (SSSR count). The fraction of sp³-hybridized carbons (Fsp3) is 0.381. The molecule has 0 radical (unpaired) electrons. The number of carbonyl (C=O) groups is 1. The molecule has 2 aromatic carbocycles. The average molecular weight is 341 g/mol. The first kappa shape index (κ1) is 18.8. The van der Waals surface area contributed by atoms with Crippen LogP contribution in [0.3, 0.4) is 0 Å². The van der Waals surface area contributed by atoms with E-state index in [1.54, 1.807) is 14.2 Å². The Balaban J connectivity index is 1.81. The largest absolute Gasteiger partial charge is 0.493 e. The van der Waals surface area contributed by atoms with Crippen molar-refractivity contribution in [3.8, 4) is 11.5 Å². The molecule has 0 unspecified atom stereocenters. The quantitative estimate of drug-likeness (QED) is 0.798. The van der Waals surface area contributed by atoms with Crippen molar-refractivity contribution in [2.24, 2.45) is 0 Å². The third kappa shape index (κ3) is 5.52. The van der Waals surface area contributed by atoms with Gasteiger partial charge in [-0.3, -0.25) is 4.79 Å². The fourth-order valence-corrected chi connectivity index (χ4v) is 2.73. The van der Waals surface area contributed by atoms with Crippen LogP contribution in [0.2, 0.25) is 0 Å². The summed E-state index contributed by atoms with van der Waals surface area (Å²) in [6, 6.07) is 12.3. The smallest absolute Gasteiger partial charge is 0.220 e. The Morgan fingerprint density at radius 3 is 2.24 bits per heavy atom. The first-order chi connectivity index (χ1) is 12.0. The lowest BCUT2D eigenvalue weighted by molar-refractivity contribution is -0.121. The van der Waals surface area contributed by atoms with Gasteiger partial charge in [0, 0.05) is 13.0 Å². The van der Waals surface area contributed by atoms with E-state index in [0.29, 0.717) is 18.7 Å². The summed E-state index contributed by atoms with van der Waals surface area (Å²) in [6.07, 6.45) is 2.04. The summed E-state index contributed by atoms with van der Waals surface area (Å²) in [5.41, 5.74) is 4.71. The third-order valence-electron chi connectivity index (χ3n) is 4.32. The van der Waals surface area contributed by atoms with Crippen LogP contribution in [0.15, 0.2) is 36.4 Å². The van der Waals surface area contributed by atoms with Gasteiger partial charge in [-0.15, -0.1) is 0 Å². The van der Waals surface area contributed by atoms with Crippen molar-refractivity contribution in [2.75, 3.05) is 20.8 Å². The summed E-state index contributed by atoms with van der Waals surface area (Å²) in [5, 5.41) is 3.00. The summed E-state index contributed by atoms with van der Waals surface area (Å²) in [7, 11) is 3.26. The molecule has 0 aliphatic rings. The second kappa shape index (κ2) is 9.11. The van der Waals surface area contributed by atoms with Gasteiger partial charge in [0.1, 0.15) is 0 Å². The SMILES string of the molecule is COc1cc(C)c(CCNC(=O)CCc2ccc(C)cc2)cc1OC. The Bertz CT molecular complexity index is 708. The molecule has 4 heteroatoms. The summed E-state index contributed by atoms with van der Waals surface area (Å²) in [6.45, 7) is 4.71. The monoisotopic (exact) mass is 341 g/mol. The average Bonchev–Trinajstić information content (AvgIpc) is 2.62. The number of hydrogen-bond acceptors (Lipinski definition) is 3. The number of benzene rings is 2. The molecule has 2 aromatic rings. The molecule has 134 valence electrons. The second-order valence-corrected chi connectivity index (χ2v) is 6.22. The molecular formula is C21H27NO3. The van der Waals surface area contributed by atoms with Crippen LogP contribution in [0.5, 0.6) is 11.5 Å². The van der Waals surface area contributed by atoms with Crippen LogP contribution in [0.1, 0.15) is 28.7 Å². The van der Waals surface area contributed by atoms with Crippen LogP contribution in [0.25, 0.3) is 0 Å². The van der Waals surface area contributed by atoms with E-state index in [9.17, 15) is 4.79 Å². The minimum Gasteiger partial charge on any atom is -0.493 e. The normalized spacial score (nSPS) is 10.4. The highest BCUT2D eigenvalue weighted by atomic mass is 16.5. The highest BCUT2D eigenvalue weighted by Crippen LogP contribution is 2.30. The van der Waals surface area contributed by atoms with Crippen LogP contribution in [0, 0.1) is 13.8 Å². The number of hydrogen-bond donors (Lipinski definition) is 1. The number of carbonyl (C=O) groups excluding carboxylic acids is 1. The first-order valence-corrected chi connectivity index (χ1v) is 8.57. The lowest BCUT2D eigenvalue weighted by Crippen LogP contribution is -2.26. The third-order valence-corrected chi connectivity index (χ3v) is 4.32. The van der Waals surface area contributed by atoms with E-state index >= 15 is 0 Å². The summed E-state index contributed by atoms with van der Waals surface area (Å²) < 4.78 is 10.6. The Kier molecular flexibility index (Phi) is 6.87. The maximum absolute atomic E-state index is 12.0. The van der Waals surface area contributed by atoms with Crippen LogP contribution < -0.4 is 14.8 Å². The van der Waals surface area contributed by atoms with Crippen molar-refractivity contribution in [1.82, 2.24) is 5.32 Å². The molecule has 0 aliphatic carbocycles. The van der Waals surface area contributed by atoms with Crippen molar-refractivity contribution in [3.63, 3.8) is 0 Å². The van der Waals surface area contributed by atoms with Gasteiger partial charge in [0.25, 0.3) is 0 Å². The van der Waals surface area contributed by atoms with E-state index in [2.05, 4.69) is 36.5 Å². The Morgan fingerprint density at radius 2 is 1.60 bits per heavy atom. The minimum atomic E-state index is 0.0821. The van der Waals surface area contributed by atoms with Crippen LogP contribution >= 0.6 is 0 Å². The number of ether oxygens (including phenoxy) is 2. The Labute approximate surface area is 150 Å². The standard InChI is InChI=1S/C21H27NO3/c1-15-5-7-17(8-6-15)9-10-21(23)22-12-11-18-14-20(25-4)19(24-3)13-16(18)2/h5-8,13-14H,9-12H2,1-4H3,(H,22,23). The van der Waals surface area contributed by atoms with Gasteiger partial charge in [0.2, 0.25) is 5.91 Å². The van der Waals surface area contributed by atoms with E-state index < -0.39 is 0 Å². The van der Waals surface area contributed by atoms with E-state index in [4.69, 9.17) is 9.47 Å². The lowest BCUT2D eigenvalue weighted by Gasteiger charge is -2.13. The van der Waals surface area contributed by atoms with Gasteiger partial charge in [-0.2, -0.15) is 0 Å². The maximum atomic E-state index is 12.0.